The number of sulfonamides is 1. The molecule has 0 bridgehead atoms. The zero-order chi connectivity index (χ0) is 17.2. The summed E-state index contributed by atoms with van der Waals surface area (Å²) in [5.74, 6) is -0.612. The highest BCUT2D eigenvalue weighted by Gasteiger charge is 2.29. The second-order valence-corrected chi connectivity index (χ2v) is 7.66. The van der Waals surface area contributed by atoms with Crippen molar-refractivity contribution >= 4 is 27.6 Å². The summed E-state index contributed by atoms with van der Waals surface area (Å²) in [6, 6.07) is 1.36. The number of benzene rings is 1. The van der Waals surface area contributed by atoms with E-state index in [4.69, 9.17) is 21.1 Å². The number of carbonyl (C=O) groups is 1. The van der Waals surface area contributed by atoms with Gasteiger partial charge in [-0.2, -0.15) is 4.72 Å². The zero-order valence-corrected chi connectivity index (χ0v) is 14.3. The molecule has 0 unspecified atom stereocenters. The number of carboxylic acid groups (broad SMARTS) is 1. The Morgan fingerprint density at radius 3 is 2.39 bits per heavy atom. The maximum absolute atomic E-state index is 12.5. The molecule has 1 atom stereocenters. The smallest absolute Gasteiger partial charge is 0.321 e. The number of halogens is 1. The van der Waals surface area contributed by atoms with Crippen LogP contribution in [0.5, 0.6) is 11.5 Å². The first-order chi connectivity index (χ1) is 10.7. The molecule has 1 aromatic carbocycles. The standard InChI is InChI=1S/C14H18ClNO6S/c1-8(2)5-10(14(17)18)16-23(19,20)13-7-12-11(6-9(13)15)21-3-4-22-12/h6-8,10,16H,3-5H2,1-2H3,(H,17,18)/t10-/m0/s1. The molecule has 9 heteroatoms. The number of aliphatic carboxylic acids is 1. The Bertz CT molecular complexity index is 703. The molecule has 23 heavy (non-hydrogen) atoms. The van der Waals surface area contributed by atoms with Crippen LogP contribution < -0.4 is 14.2 Å². The fraction of sp³-hybridized carbons (Fsp3) is 0.500. The highest BCUT2D eigenvalue weighted by molar-refractivity contribution is 7.89. The number of carboxylic acids is 1. The monoisotopic (exact) mass is 363 g/mol. The summed E-state index contributed by atoms with van der Waals surface area (Å²) in [6.45, 7) is 4.26. The maximum atomic E-state index is 12.5. The van der Waals surface area contributed by atoms with E-state index in [1.54, 1.807) is 13.8 Å². The van der Waals surface area contributed by atoms with Crippen molar-refractivity contribution in [1.82, 2.24) is 4.72 Å². The Balaban J connectivity index is 2.33. The summed E-state index contributed by atoms with van der Waals surface area (Å²) in [7, 11) is -4.11. The molecule has 0 aliphatic carbocycles. The van der Waals surface area contributed by atoms with E-state index >= 15 is 0 Å². The Labute approximate surface area is 139 Å². The lowest BCUT2D eigenvalue weighted by Gasteiger charge is -2.21. The van der Waals surface area contributed by atoms with Crippen LogP contribution in [0.25, 0.3) is 0 Å². The van der Waals surface area contributed by atoms with Crippen LogP contribution in [0.15, 0.2) is 17.0 Å². The number of ether oxygens (including phenoxy) is 2. The summed E-state index contributed by atoms with van der Waals surface area (Å²) in [5, 5.41) is 9.13. The van der Waals surface area contributed by atoms with Gasteiger partial charge in [0.15, 0.2) is 11.5 Å². The highest BCUT2D eigenvalue weighted by atomic mass is 35.5. The molecular weight excluding hydrogens is 346 g/mol. The minimum atomic E-state index is -4.11. The van der Waals surface area contributed by atoms with E-state index < -0.39 is 22.0 Å². The third-order valence-corrected chi connectivity index (χ3v) is 5.13. The fourth-order valence-corrected chi connectivity index (χ4v) is 3.91. The molecule has 1 aliphatic rings. The van der Waals surface area contributed by atoms with E-state index in [0.717, 1.165) is 0 Å². The molecule has 0 spiro atoms. The second-order valence-electron chi connectivity index (χ2n) is 5.57. The van der Waals surface area contributed by atoms with Gasteiger partial charge in [-0.05, 0) is 12.3 Å². The average Bonchev–Trinajstić information content (AvgIpc) is 2.44. The van der Waals surface area contributed by atoms with E-state index in [0.29, 0.717) is 19.0 Å². The first-order valence-electron chi connectivity index (χ1n) is 7.05. The molecule has 2 rings (SSSR count). The summed E-state index contributed by atoms with van der Waals surface area (Å²) >= 11 is 6.01. The van der Waals surface area contributed by atoms with Gasteiger partial charge < -0.3 is 14.6 Å². The van der Waals surface area contributed by atoms with Crippen LogP contribution in [0.2, 0.25) is 5.02 Å². The lowest BCUT2D eigenvalue weighted by Crippen LogP contribution is -2.41. The summed E-state index contributed by atoms with van der Waals surface area (Å²) < 4.78 is 37.8. The lowest BCUT2D eigenvalue weighted by molar-refractivity contribution is -0.139. The van der Waals surface area contributed by atoms with Crippen molar-refractivity contribution in [2.24, 2.45) is 5.92 Å². The topological polar surface area (TPSA) is 102 Å². The second kappa shape index (κ2) is 6.94. The van der Waals surface area contributed by atoms with Crippen LogP contribution >= 0.6 is 11.6 Å². The fourth-order valence-electron chi connectivity index (χ4n) is 2.17. The Morgan fingerprint density at radius 2 is 1.87 bits per heavy atom. The third-order valence-electron chi connectivity index (χ3n) is 3.19. The number of fused-ring (bicyclic) bond motifs is 1. The predicted molar refractivity (Wildman–Crippen MR) is 83.6 cm³/mol. The van der Waals surface area contributed by atoms with Crippen molar-refractivity contribution in [1.29, 1.82) is 0 Å². The number of hydrogen-bond acceptors (Lipinski definition) is 5. The SMILES string of the molecule is CC(C)C[C@H](NS(=O)(=O)c1cc2c(cc1Cl)OCCO2)C(=O)O. The summed E-state index contributed by atoms with van der Waals surface area (Å²) in [6.07, 6.45) is 0.163. The molecule has 0 radical (unpaired) electrons. The van der Waals surface area contributed by atoms with E-state index in [9.17, 15) is 18.3 Å². The van der Waals surface area contributed by atoms with Crippen LogP contribution in [0.1, 0.15) is 20.3 Å². The number of nitrogens with one attached hydrogen (secondary N) is 1. The van der Waals surface area contributed by atoms with Crippen molar-refractivity contribution in [3.8, 4) is 11.5 Å². The Hall–Kier alpha value is -1.51. The van der Waals surface area contributed by atoms with Gasteiger partial charge in [0.05, 0.1) is 5.02 Å². The van der Waals surface area contributed by atoms with Gasteiger partial charge >= 0.3 is 5.97 Å². The van der Waals surface area contributed by atoms with Gasteiger partial charge in [0.2, 0.25) is 10.0 Å². The molecule has 7 nitrogen and oxygen atoms in total. The lowest BCUT2D eigenvalue weighted by atomic mass is 10.1. The molecule has 1 heterocycles. The Morgan fingerprint density at radius 1 is 1.30 bits per heavy atom. The molecular formula is C14H18ClNO6S. The van der Waals surface area contributed by atoms with Gasteiger partial charge in [-0.3, -0.25) is 4.79 Å². The van der Waals surface area contributed by atoms with Gasteiger partial charge in [-0.15, -0.1) is 0 Å². The van der Waals surface area contributed by atoms with Gasteiger partial charge in [-0.1, -0.05) is 25.4 Å². The predicted octanol–water partition coefficient (Wildman–Crippen LogP) is 1.89. The van der Waals surface area contributed by atoms with Gasteiger partial charge in [0.25, 0.3) is 0 Å². The maximum Gasteiger partial charge on any atom is 0.321 e. The third kappa shape index (κ3) is 4.27. The quantitative estimate of drug-likeness (QED) is 0.800. The molecule has 0 amide bonds. The van der Waals surface area contributed by atoms with Crippen molar-refractivity contribution in [3.63, 3.8) is 0 Å². The van der Waals surface area contributed by atoms with Crippen LogP contribution in [0, 0.1) is 5.92 Å². The first-order valence-corrected chi connectivity index (χ1v) is 8.91. The molecule has 0 fully saturated rings. The Kier molecular flexibility index (Phi) is 5.38. The first kappa shape index (κ1) is 17.8. The van der Waals surface area contributed by atoms with Crippen LogP contribution in [0.3, 0.4) is 0 Å². The zero-order valence-electron chi connectivity index (χ0n) is 12.7. The minimum absolute atomic E-state index is 0.00883. The van der Waals surface area contributed by atoms with Gasteiger partial charge in [0, 0.05) is 12.1 Å². The van der Waals surface area contributed by atoms with Crippen LogP contribution in [-0.4, -0.2) is 38.7 Å². The van der Waals surface area contributed by atoms with Crippen molar-refractivity contribution in [2.75, 3.05) is 13.2 Å². The van der Waals surface area contributed by atoms with E-state index in [1.165, 1.54) is 12.1 Å². The molecule has 2 N–H and O–H groups in total. The number of hydrogen-bond donors (Lipinski definition) is 2. The summed E-state index contributed by atoms with van der Waals surface area (Å²) in [5.41, 5.74) is 0. The highest BCUT2D eigenvalue weighted by Crippen LogP contribution is 2.37. The van der Waals surface area contributed by atoms with Crippen LogP contribution in [0.4, 0.5) is 0 Å². The molecule has 1 aromatic rings. The molecule has 128 valence electrons. The molecule has 0 saturated heterocycles. The van der Waals surface area contributed by atoms with Crippen molar-refractivity contribution in [3.05, 3.63) is 17.2 Å². The number of rotatable bonds is 6. The van der Waals surface area contributed by atoms with E-state index in [1.807, 2.05) is 0 Å². The van der Waals surface area contributed by atoms with Crippen molar-refractivity contribution in [2.45, 2.75) is 31.2 Å². The minimum Gasteiger partial charge on any atom is -0.486 e. The molecule has 0 aromatic heterocycles. The molecule has 0 saturated carbocycles. The van der Waals surface area contributed by atoms with Crippen molar-refractivity contribution < 1.29 is 27.8 Å². The average molecular weight is 364 g/mol. The van der Waals surface area contributed by atoms with E-state index in [2.05, 4.69) is 4.72 Å². The van der Waals surface area contributed by atoms with Gasteiger partial charge in [-0.25, -0.2) is 8.42 Å². The van der Waals surface area contributed by atoms with Gasteiger partial charge in [0.1, 0.15) is 24.2 Å². The normalized spacial score (nSPS) is 15.5. The largest absolute Gasteiger partial charge is 0.486 e. The van der Waals surface area contributed by atoms with Crippen LogP contribution in [-0.2, 0) is 14.8 Å². The summed E-state index contributed by atoms with van der Waals surface area (Å²) in [4.78, 5) is 11.0. The van der Waals surface area contributed by atoms with E-state index in [-0.39, 0.29) is 28.0 Å². The molecule has 1 aliphatic heterocycles.